The zero-order valence-electron chi connectivity index (χ0n) is 19.3. The van der Waals surface area contributed by atoms with E-state index < -0.39 is 24.3 Å². The molecule has 2 aromatic carbocycles. The number of aromatic nitrogens is 2. The van der Waals surface area contributed by atoms with Crippen molar-refractivity contribution < 1.29 is 23.2 Å². The number of benzene rings is 2. The van der Waals surface area contributed by atoms with E-state index in [4.69, 9.17) is 0 Å². The lowest BCUT2D eigenvalue weighted by Crippen LogP contribution is -2.52. The van der Waals surface area contributed by atoms with Crippen molar-refractivity contribution >= 4 is 17.7 Å². The molecule has 35 heavy (non-hydrogen) atoms. The summed E-state index contributed by atoms with van der Waals surface area (Å²) < 4.78 is 29.8. The molecule has 0 aliphatic carbocycles. The van der Waals surface area contributed by atoms with Crippen LogP contribution in [0.2, 0.25) is 0 Å². The number of carbonyl (C=O) groups excluding carboxylic acids is 3. The van der Waals surface area contributed by atoms with Crippen LogP contribution in [0, 0.1) is 0 Å². The average Bonchev–Trinajstić information content (AvgIpc) is 3.29. The molecule has 1 N–H and O–H groups in total. The molecule has 0 spiro atoms. The highest BCUT2D eigenvalue weighted by Gasteiger charge is 2.39. The quantitative estimate of drug-likeness (QED) is 0.567. The molecule has 0 saturated carbocycles. The molecule has 0 bridgehead atoms. The first kappa shape index (κ1) is 22.9. The van der Waals surface area contributed by atoms with E-state index >= 15 is 0 Å². The number of piperidine rings is 1. The number of amides is 3. The fraction of sp³-hybridized carbons (Fsp3) is 0.308. The summed E-state index contributed by atoms with van der Waals surface area (Å²) in [4.78, 5) is 42.9. The second kappa shape index (κ2) is 8.41. The van der Waals surface area contributed by atoms with Crippen LogP contribution in [-0.4, -0.2) is 44.1 Å². The first-order valence-corrected chi connectivity index (χ1v) is 11.4. The van der Waals surface area contributed by atoms with Gasteiger partial charge in [-0.3, -0.25) is 19.7 Å². The Bertz CT molecular complexity index is 1340. The second-order valence-corrected chi connectivity index (χ2v) is 9.17. The molecule has 1 aromatic heterocycles. The van der Waals surface area contributed by atoms with Crippen LogP contribution < -0.4 is 5.32 Å². The van der Waals surface area contributed by atoms with Crippen molar-refractivity contribution in [3.63, 3.8) is 0 Å². The van der Waals surface area contributed by atoms with Crippen molar-refractivity contribution in [3.05, 3.63) is 65.4 Å². The first-order chi connectivity index (χ1) is 16.6. The van der Waals surface area contributed by atoms with Crippen molar-refractivity contribution in [3.8, 4) is 22.6 Å². The zero-order chi connectivity index (χ0) is 24.9. The Hall–Kier alpha value is -3.88. The third-order valence-corrected chi connectivity index (χ3v) is 6.47. The molecule has 180 valence electrons. The maximum atomic E-state index is 14.0. The summed E-state index contributed by atoms with van der Waals surface area (Å²) >= 11 is 0. The van der Waals surface area contributed by atoms with Crippen LogP contribution in [0.5, 0.6) is 0 Å². The van der Waals surface area contributed by atoms with E-state index in [-0.39, 0.29) is 31.2 Å². The van der Waals surface area contributed by atoms with E-state index in [1.54, 1.807) is 23.7 Å². The van der Waals surface area contributed by atoms with Gasteiger partial charge >= 0.3 is 0 Å². The molecule has 1 fully saturated rings. The van der Waals surface area contributed by atoms with Crippen LogP contribution >= 0.6 is 0 Å². The maximum absolute atomic E-state index is 14.0. The SMILES string of the molecule is Cn1c(-c2ccc3c(c2)CN(C2CCC(=O)NC2=O)C3=O)nc(CC(C)(F)F)c1-c1ccccc1. The van der Waals surface area contributed by atoms with Crippen LogP contribution in [0.4, 0.5) is 8.78 Å². The third kappa shape index (κ3) is 4.22. The normalized spacial score (nSPS) is 18.1. The fourth-order valence-electron chi connectivity index (χ4n) is 4.90. The molecular formula is C26H24F2N4O3. The van der Waals surface area contributed by atoms with E-state index in [9.17, 15) is 23.2 Å². The van der Waals surface area contributed by atoms with Crippen LogP contribution in [-0.2, 0) is 29.6 Å². The van der Waals surface area contributed by atoms with Gasteiger partial charge in [0.2, 0.25) is 11.8 Å². The largest absolute Gasteiger partial charge is 0.327 e. The summed E-state index contributed by atoms with van der Waals surface area (Å²) in [6.45, 7) is 1.10. The van der Waals surface area contributed by atoms with Crippen molar-refractivity contribution in [1.29, 1.82) is 0 Å². The monoisotopic (exact) mass is 478 g/mol. The van der Waals surface area contributed by atoms with Gasteiger partial charge in [-0.25, -0.2) is 13.8 Å². The van der Waals surface area contributed by atoms with E-state index in [1.165, 1.54) is 4.90 Å². The lowest BCUT2D eigenvalue weighted by atomic mass is 10.0. The Balaban J connectivity index is 1.52. The Morgan fingerprint density at radius 2 is 1.83 bits per heavy atom. The number of hydrogen-bond acceptors (Lipinski definition) is 4. The van der Waals surface area contributed by atoms with E-state index in [0.29, 0.717) is 28.3 Å². The van der Waals surface area contributed by atoms with Gasteiger partial charge in [0.05, 0.1) is 17.8 Å². The average molecular weight is 478 g/mol. The van der Waals surface area contributed by atoms with Gasteiger partial charge in [0.25, 0.3) is 11.8 Å². The topological polar surface area (TPSA) is 84.3 Å². The summed E-state index contributed by atoms with van der Waals surface area (Å²) in [5.74, 6) is -3.49. The molecule has 3 heterocycles. The molecule has 1 unspecified atom stereocenters. The minimum absolute atomic E-state index is 0.183. The number of nitrogens with zero attached hydrogens (tertiary/aromatic N) is 3. The number of nitrogens with one attached hydrogen (secondary N) is 1. The molecule has 7 nitrogen and oxygen atoms in total. The molecule has 3 aromatic rings. The maximum Gasteiger partial charge on any atom is 0.255 e. The smallest absolute Gasteiger partial charge is 0.255 e. The molecule has 1 atom stereocenters. The Labute approximate surface area is 200 Å². The molecule has 3 amide bonds. The Morgan fingerprint density at radius 1 is 1.09 bits per heavy atom. The number of imide groups is 1. The van der Waals surface area contributed by atoms with Crippen LogP contribution in [0.15, 0.2) is 48.5 Å². The highest BCUT2D eigenvalue weighted by atomic mass is 19.3. The molecule has 1 saturated heterocycles. The number of fused-ring (bicyclic) bond motifs is 1. The summed E-state index contributed by atoms with van der Waals surface area (Å²) in [6, 6.07) is 13.8. The van der Waals surface area contributed by atoms with Gasteiger partial charge in [0.15, 0.2) is 0 Å². The third-order valence-electron chi connectivity index (χ3n) is 6.47. The number of halogens is 2. The van der Waals surface area contributed by atoms with Gasteiger partial charge in [-0.2, -0.15) is 0 Å². The minimum Gasteiger partial charge on any atom is -0.327 e. The molecule has 2 aliphatic heterocycles. The summed E-state index contributed by atoms with van der Waals surface area (Å²) in [7, 11) is 1.79. The predicted octanol–water partition coefficient (Wildman–Crippen LogP) is 3.71. The first-order valence-electron chi connectivity index (χ1n) is 11.4. The highest BCUT2D eigenvalue weighted by molar-refractivity contribution is 6.05. The van der Waals surface area contributed by atoms with Crippen LogP contribution in [0.3, 0.4) is 0 Å². The molecule has 0 radical (unpaired) electrons. The van der Waals surface area contributed by atoms with Crippen molar-refractivity contribution in [2.75, 3.05) is 0 Å². The standard InChI is InChI=1S/C26H24F2N4O3/c1-26(27,28)13-19-22(15-6-4-3-5-7-15)31(2)23(29-19)16-8-9-18-17(12-16)14-32(25(18)35)20-10-11-21(33)30-24(20)34/h3-9,12,20H,10-11,13-14H2,1-2H3,(H,30,33,34). The van der Waals surface area contributed by atoms with Crippen molar-refractivity contribution in [2.24, 2.45) is 7.05 Å². The van der Waals surface area contributed by atoms with E-state index in [1.807, 2.05) is 36.4 Å². The van der Waals surface area contributed by atoms with Gasteiger partial charge in [-0.15, -0.1) is 0 Å². The second-order valence-electron chi connectivity index (χ2n) is 9.17. The Morgan fingerprint density at radius 3 is 2.51 bits per heavy atom. The minimum atomic E-state index is -2.93. The van der Waals surface area contributed by atoms with Crippen molar-refractivity contribution in [1.82, 2.24) is 19.8 Å². The summed E-state index contributed by atoms with van der Waals surface area (Å²) in [6.07, 6.45) is -0.0361. The summed E-state index contributed by atoms with van der Waals surface area (Å²) in [5.41, 5.74) is 3.59. The fourth-order valence-corrected chi connectivity index (χ4v) is 4.90. The highest BCUT2D eigenvalue weighted by Crippen LogP contribution is 2.35. The van der Waals surface area contributed by atoms with Gasteiger partial charge in [-0.1, -0.05) is 36.4 Å². The zero-order valence-corrected chi connectivity index (χ0v) is 19.3. The number of imidazole rings is 1. The van der Waals surface area contributed by atoms with Gasteiger partial charge < -0.3 is 9.47 Å². The Kier molecular flexibility index (Phi) is 5.50. The number of rotatable bonds is 5. The van der Waals surface area contributed by atoms with Gasteiger partial charge in [0.1, 0.15) is 11.9 Å². The van der Waals surface area contributed by atoms with Crippen molar-refractivity contribution in [2.45, 2.75) is 44.7 Å². The number of carbonyl (C=O) groups is 3. The molecule has 2 aliphatic rings. The van der Waals surface area contributed by atoms with E-state index in [2.05, 4.69) is 10.3 Å². The predicted molar refractivity (Wildman–Crippen MR) is 124 cm³/mol. The molecule has 9 heteroatoms. The van der Waals surface area contributed by atoms with Crippen LogP contribution in [0.25, 0.3) is 22.6 Å². The number of hydrogen-bond donors (Lipinski definition) is 1. The molecule has 5 rings (SSSR count). The molecular weight excluding hydrogens is 454 g/mol. The number of alkyl halides is 2. The van der Waals surface area contributed by atoms with Crippen LogP contribution in [0.1, 0.15) is 41.4 Å². The summed E-state index contributed by atoms with van der Waals surface area (Å²) in [5, 5.41) is 2.30. The van der Waals surface area contributed by atoms with Gasteiger partial charge in [-0.05, 0) is 31.0 Å². The lowest BCUT2D eigenvalue weighted by Gasteiger charge is -2.29. The van der Waals surface area contributed by atoms with E-state index in [0.717, 1.165) is 18.1 Å². The lowest BCUT2D eigenvalue weighted by molar-refractivity contribution is -0.136. The van der Waals surface area contributed by atoms with Gasteiger partial charge in [0, 0.05) is 36.7 Å².